The number of H-pyrrole nitrogens is 1. The third kappa shape index (κ3) is 1.66. The quantitative estimate of drug-likeness (QED) is 0.730. The van der Waals surface area contributed by atoms with E-state index in [9.17, 15) is 4.79 Å². The summed E-state index contributed by atoms with van der Waals surface area (Å²) in [7, 11) is 0. The molecule has 0 saturated heterocycles. The molecule has 0 bridgehead atoms. The number of para-hydroxylation sites is 1. The maximum Gasteiger partial charge on any atom is 0.255 e. The predicted molar refractivity (Wildman–Crippen MR) is 68.3 cm³/mol. The van der Waals surface area contributed by atoms with E-state index in [4.69, 9.17) is 10.5 Å². The van der Waals surface area contributed by atoms with E-state index in [1.165, 1.54) is 0 Å². The third-order valence-corrected chi connectivity index (χ3v) is 2.74. The van der Waals surface area contributed by atoms with Gasteiger partial charge >= 0.3 is 0 Å². The van der Waals surface area contributed by atoms with Crippen LogP contribution in [0.2, 0.25) is 0 Å². The van der Waals surface area contributed by atoms with Crippen LogP contribution in [0.4, 0.5) is 0 Å². The van der Waals surface area contributed by atoms with Crippen molar-refractivity contribution >= 4 is 27.7 Å². The van der Waals surface area contributed by atoms with Gasteiger partial charge in [0.05, 0.1) is 0 Å². The van der Waals surface area contributed by atoms with Gasteiger partial charge in [0.1, 0.15) is 5.52 Å². The first-order chi connectivity index (χ1) is 8.75. The Balaban J connectivity index is 2.18. The van der Waals surface area contributed by atoms with Crippen molar-refractivity contribution in [2.45, 2.75) is 0 Å². The van der Waals surface area contributed by atoms with Gasteiger partial charge in [-0.2, -0.15) is 0 Å². The average molecular weight is 241 g/mol. The fourth-order valence-corrected chi connectivity index (χ4v) is 2.00. The fraction of sp³-hybridized carbons (Fsp3) is 0.0769. The Kier molecular flexibility index (Phi) is 2.37. The van der Waals surface area contributed by atoms with Crippen LogP contribution in [0.5, 0.6) is 5.88 Å². The molecule has 3 N–H and O–H groups in total. The molecule has 0 saturated carbocycles. The lowest BCUT2D eigenvalue weighted by atomic mass is 10.2. The van der Waals surface area contributed by atoms with Crippen molar-refractivity contribution in [3.05, 3.63) is 36.5 Å². The molecule has 18 heavy (non-hydrogen) atoms. The maximum atomic E-state index is 10.7. The molecule has 0 aliphatic rings. The van der Waals surface area contributed by atoms with E-state index < -0.39 is 5.91 Å². The van der Waals surface area contributed by atoms with Crippen molar-refractivity contribution in [2.24, 2.45) is 5.73 Å². The van der Waals surface area contributed by atoms with Crippen molar-refractivity contribution in [1.82, 2.24) is 9.97 Å². The Morgan fingerprint density at radius 2 is 2.11 bits per heavy atom. The highest BCUT2D eigenvalue weighted by atomic mass is 16.5. The van der Waals surface area contributed by atoms with Crippen LogP contribution in [0.15, 0.2) is 36.5 Å². The number of primary amides is 1. The number of carbonyl (C=O) groups is 1. The van der Waals surface area contributed by atoms with E-state index in [1.807, 2.05) is 30.3 Å². The van der Waals surface area contributed by atoms with Gasteiger partial charge in [0, 0.05) is 22.5 Å². The lowest BCUT2D eigenvalue weighted by Crippen LogP contribution is -2.20. The van der Waals surface area contributed by atoms with Gasteiger partial charge in [0.25, 0.3) is 5.91 Å². The average Bonchev–Trinajstić information content (AvgIpc) is 2.75. The molecule has 5 nitrogen and oxygen atoms in total. The third-order valence-electron chi connectivity index (χ3n) is 2.74. The number of hydrogen-bond donors (Lipinski definition) is 2. The summed E-state index contributed by atoms with van der Waals surface area (Å²) in [6.07, 6.45) is 1.65. The Morgan fingerprint density at radius 3 is 2.94 bits per heavy atom. The Morgan fingerprint density at radius 1 is 1.28 bits per heavy atom. The molecule has 0 radical (unpaired) electrons. The number of benzene rings is 1. The zero-order valence-electron chi connectivity index (χ0n) is 9.51. The summed E-state index contributed by atoms with van der Waals surface area (Å²) >= 11 is 0. The normalized spacial score (nSPS) is 10.9. The van der Waals surface area contributed by atoms with Crippen LogP contribution in [0.1, 0.15) is 0 Å². The van der Waals surface area contributed by atoms with Crippen molar-refractivity contribution in [1.29, 1.82) is 0 Å². The van der Waals surface area contributed by atoms with Crippen LogP contribution in [0.25, 0.3) is 21.8 Å². The molecule has 0 aliphatic carbocycles. The number of ether oxygens (including phenoxy) is 1. The van der Waals surface area contributed by atoms with Crippen LogP contribution in [0, 0.1) is 0 Å². The molecular formula is C13H11N3O2. The SMILES string of the molecule is NC(=O)COc1nccc2c1[nH]c1ccccc12. The second kappa shape index (κ2) is 4.03. The van der Waals surface area contributed by atoms with E-state index in [0.717, 1.165) is 21.8 Å². The van der Waals surface area contributed by atoms with Gasteiger partial charge in [0.2, 0.25) is 5.88 Å². The Labute approximate surface area is 103 Å². The Bertz CT molecular complexity index is 733. The largest absolute Gasteiger partial charge is 0.466 e. The van der Waals surface area contributed by atoms with E-state index in [0.29, 0.717) is 5.88 Å². The summed E-state index contributed by atoms with van der Waals surface area (Å²) in [5, 5.41) is 2.11. The number of hydrogen-bond acceptors (Lipinski definition) is 3. The molecule has 0 spiro atoms. The number of carbonyl (C=O) groups excluding carboxylic acids is 1. The molecule has 2 heterocycles. The van der Waals surface area contributed by atoms with Gasteiger partial charge in [-0.05, 0) is 12.1 Å². The lowest BCUT2D eigenvalue weighted by Gasteiger charge is -2.02. The molecule has 5 heteroatoms. The number of nitrogens with one attached hydrogen (secondary N) is 1. The predicted octanol–water partition coefficient (Wildman–Crippen LogP) is 1.58. The van der Waals surface area contributed by atoms with Gasteiger partial charge < -0.3 is 15.5 Å². The van der Waals surface area contributed by atoms with Crippen LogP contribution < -0.4 is 10.5 Å². The fourth-order valence-electron chi connectivity index (χ4n) is 2.00. The molecule has 0 unspecified atom stereocenters. The number of rotatable bonds is 3. The summed E-state index contributed by atoms with van der Waals surface area (Å²) in [5.41, 5.74) is 6.84. The minimum atomic E-state index is -0.523. The van der Waals surface area contributed by atoms with Crippen LogP contribution in [-0.4, -0.2) is 22.5 Å². The summed E-state index contributed by atoms with van der Waals surface area (Å²) in [6.45, 7) is -0.179. The first-order valence-corrected chi connectivity index (χ1v) is 5.52. The second-order valence-corrected chi connectivity index (χ2v) is 3.96. The van der Waals surface area contributed by atoms with Gasteiger partial charge in [-0.25, -0.2) is 4.98 Å². The highest BCUT2D eigenvalue weighted by Gasteiger charge is 2.10. The second-order valence-electron chi connectivity index (χ2n) is 3.96. The Hall–Kier alpha value is -2.56. The number of fused-ring (bicyclic) bond motifs is 3. The van der Waals surface area contributed by atoms with Crippen molar-refractivity contribution in [3.8, 4) is 5.88 Å². The molecule has 3 rings (SSSR count). The monoisotopic (exact) mass is 241 g/mol. The number of aromatic amines is 1. The maximum absolute atomic E-state index is 10.7. The van der Waals surface area contributed by atoms with E-state index in [-0.39, 0.29) is 6.61 Å². The van der Waals surface area contributed by atoms with Crippen molar-refractivity contribution < 1.29 is 9.53 Å². The van der Waals surface area contributed by atoms with Gasteiger partial charge in [-0.15, -0.1) is 0 Å². The van der Waals surface area contributed by atoms with E-state index >= 15 is 0 Å². The number of nitrogens with two attached hydrogens (primary N) is 1. The van der Waals surface area contributed by atoms with Crippen molar-refractivity contribution in [3.63, 3.8) is 0 Å². The zero-order chi connectivity index (χ0) is 12.5. The minimum Gasteiger partial charge on any atom is -0.466 e. The number of pyridine rings is 1. The van der Waals surface area contributed by atoms with Gasteiger partial charge in [0.15, 0.2) is 6.61 Å². The molecule has 0 fully saturated rings. The topological polar surface area (TPSA) is 81.0 Å². The number of amides is 1. The van der Waals surface area contributed by atoms with Gasteiger partial charge in [-0.1, -0.05) is 18.2 Å². The van der Waals surface area contributed by atoms with E-state index in [2.05, 4.69) is 9.97 Å². The molecule has 1 amide bonds. The first-order valence-electron chi connectivity index (χ1n) is 5.52. The highest BCUT2D eigenvalue weighted by molar-refractivity contribution is 6.08. The molecule has 1 aromatic carbocycles. The number of aromatic nitrogens is 2. The summed E-state index contributed by atoms with van der Waals surface area (Å²) in [5.74, 6) is -0.132. The van der Waals surface area contributed by atoms with Crippen LogP contribution in [0.3, 0.4) is 0 Å². The smallest absolute Gasteiger partial charge is 0.255 e. The molecule has 0 aliphatic heterocycles. The molecular weight excluding hydrogens is 230 g/mol. The molecule has 2 aromatic heterocycles. The summed E-state index contributed by atoms with van der Waals surface area (Å²) < 4.78 is 5.29. The zero-order valence-corrected chi connectivity index (χ0v) is 9.51. The highest BCUT2D eigenvalue weighted by Crippen LogP contribution is 2.29. The molecule has 0 atom stereocenters. The summed E-state index contributed by atoms with van der Waals surface area (Å²) in [6, 6.07) is 9.83. The first kappa shape index (κ1) is 10.6. The molecule has 3 aromatic rings. The molecule has 90 valence electrons. The van der Waals surface area contributed by atoms with E-state index in [1.54, 1.807) is 6.20 Å². The number of nitrogens with zero attached hydrogens (tertiary/aromatic N) is 1. The summed E-state index contributed by atoms with van der Waals surface area (Å²) in [4.78, 5) is 18.1. The lowest BCUT2D eigenvalue weighted by molar-refractivity contribution is -0.120. The minimum absolute atomic E-state index is 0.179. The van der Waals surface area contributed by atoms with Crippen LogP contribution in [-0.2, 0) is 4.79 Å². The standard InChI is InChI=1S/C13H11N3O2/c14-11(17)7-18-13-12-9(5-6-15-13)8-3-1-2-4-10(8)16-12/h1-6,16H,7H2,(H2,14,17). The van der Waals surface area contributed by atoms with Gasteiger partial charge in [-0.3, -0.25) is 4.79 Å². The van der Waals surface area contributed by atoms with Crippen molar-refractivity contribution in [2.75, 3.05) is 6.61 Å². The van der Waals surface area contributed by atoms with Crippen LogP contribution >= 0.6 is 0 Å².